The molecule has 1 aromatic heterocycles. The van der Waals surface area contributed by atoms with Crippen molar-refractivity contribution in [3.05, 3.63) is 18.3 Å². The summed E-state index contributed by atoms with van der Waals surface area (Å²) in [5.74, 6) is 1.36. The minimum atomic E-state index is 0.0311. The molecule has 5 nitrogen and oxygen atoms in total. The second-order valence-corrected chi connectivity index (χ2v) is 5.33. The number of nitrogen functional groups attached to an aromatic ring is 1. The maximum absolute atomic E-state index is 11.7. The molecule has 2 heterocycles. The number of carbonyl (C=O) groups excluding carboxylic acids is 1. The van der Waals surface area contributed by atoms with Crippen molar-refractivity contribution < 1.29 is 4.79 Å². The van der Waals surface area contributed by atoms with Crippen molar-refractivity contribution in [2.24, 2.45) is 5.92 Å². The van der Waals surface area contributed by atoms with E-state index in [0.717, 1.165) is 18.8 Å². The van der Waals surface area contributed by atoms with E-state index in [-0.39, 0.29) is 5.91 Å². The maximum Gasteiger partial charge on any atom is 0.225 e. The Hall–Kier alpha value is -1.62. The Labute approximate surface area is 114 Å². The fraction of sp³-hybridized carbons (Fsp3) is 0.571. The van der Waals surface area contributed by atoms with Crippen LogP contribution in [0.3, 0.4) is 0 Å². The summed E-state index contributed by atoms with van der Waals surface area (Å²) in [6.45, 7) is 2.35. The van der Waals surface area contributed by atoms with E-state index in [9.17, 15) is 4.79 Å². The van der Waals surface area contributed by atoms with Crippen molar-refractivity contribution in [1.82, 2.24) is 9.88 Å². The van der Waals surface area contributed by atoms with Crippen molar-refractivity contribution in [2.75, 3.05) is 31.2 Å². The van der Waals surface area contributed by atoms with Crippen LogP contribution in [0.5, 0.6) is 0 Å². The Morgan fingerprint density at radius 1 is 1.58 bits per heavy atom. The summed E-state index contributed by atoms with van der Waals surface area (Å²) >= 11 is 0. The highest BCUT2D eigenvalue weighted by Gasteiger charge is 2.19. The predicted octanol–water partition coefficient (Wildman–Crippen LogP) is 1.72. The summed E-state index contributed by atoms with van der Waals surface area (Å²) in [6, 6.07) is 3.45. The first-order valence-corrected chi connectivity index (χ1v) is 6.83. The van der Waals surface area contributed by atoms with E-state index in [1.54, 1.807) is 18.3 Å². The monoisotopic (exact) mass is 262 g/mol. The predicted molar refractivity (Wildman–Crippen MR) is 76.7 cm³/mol. The second-order valence-electron chi connectivity index (χ2n) is 5.33. The number of nitrogens with two attached hydrogens (primary N) is 1. The summed E-state index contributed by atoms with van der Waals surface area (Å²) in [5, 5.41) is 2.79. The zero-order chi connectivity index (χ0) is 13.7. The zero-order valence-electron chi connectivity index (χ0n) is 11.4. The quantitative estimate of drug-likeness (QED) is 0.847. The van der Waals surface area contributed by atoms with Crippen LogP contribution in [0.4, 0.5) is 11.5 Å². The third-order valence-corrected chi connectivity index (χ3v) is 3.56. The van der Waals surface area contributed by atoms with Crippen LogP contribution >= 0.6 is 0 Å². The Morgan fingerprint density at radius 2 is 2.42 bits per heavy atom. The van der Waals surface area contributed by atoms with Gasteiger partial charge < -0.3 is 16.0 Å². The molecule has 0 spiro atoms. The number of pyridine rings is 1. The molecule has 1 fully saturated rings. The molecule has 0 aliphatic carbocycles. The molecule has 0 radical (unpaired) electrons. The topological polar surface area (TPSA) is 71.2 Å². The van der Waals surface area contributed by atoms with Crippen molar-refractivity contribution >= 4 is 17.4 Å². The molecule has 104 valence electrons. The number of rotatable bonds is 5. The van der Waals surface area contributed by atoms with Crippen molar-refractivity contribution in [3.63, 3.8) is 0 Å². The van der Waals surface area contributed by atoms with Gasteiger partial charge in [-0.2, -0.15) is 0 Å². The number of hydrogen-bond donors (Lipinski definition) is 2. The van der Waals surface area contributed by atoms with E-state index < -0.39 is 0 Å². The molecule has 1 atom stereocenters. The minimum absolute atomic E-state index is 0.0311. The van der Waals surface area contributed by atoms with Gasteiger partial charge in [0.15, 0.2) is 0 Å². The van der Waals surface area contributed by atoms with E-state index in [2.05, 4.69) is 22.2 Å². The van der Waals surface area contributed by atoms with Gasteiger partial charge in [-0.05, 0) is 50.9 Å². The van der Waals surface area contributed by atoms with Crippen LogP contribution in [0.15, 0.2) is 18.3 Å². The summed E-state index contributed by atoms with van der Waals surface area (Å²) in [6.07, 6.45) is 5.44. The SMILES string of the molecule is CN1CCC(CCCC(=O)Nc2ccc(N)cn2)C1. The van der Waals surface area contributed by atoms with Crippen LogP contribution in [0.25, 0.3) is 0 Å². The second kappa shape index (κ2) is 6.52. The van der Waals surface area contributed by atoms with E-state index in [1.165, 1.54) is 19.5 Å². The number of nitrogens with zero attached hydrogens (tertiary/aromatic N) is 2. The molecule has 0 saturated carbocycles. The molecule has 0 aromatic carbocycles. The lowest BCUT2D eigenvalue weighted by atomic mass is 10.0. The molecule has 2 rings (SSSR count). The summed E-state index contributed by atoms with van der Waals surface area (Å²) in [4.78, 5) is 18.1. The molecule has 0 bridgehead atoms. The number of anilines is 2. The first kappa shape index (κ1) is 13.8. The average molecular weight is 262 g/mol. The Kier molecular flexibility index (Phi) is 4.74. The van der Waals surface area contributed by atoms with Gasteiger partial charge in [-0.1, -0.05) is 0 Å². The Morgan fingerprint density at radius 3 is 3.05 bits per heavy atom. The molecule has 1 aliphatic heterocycles. The lowest BCUT2D eigenvalue weighted by Gasteiger charge is -2.10. The van der Waals surface area contributed by atoms with Crippen LogP contribution in [0, 0.1) is 5.92 Å². The zero-order valence-corrected chi connectivity index (χ0v) is 11.4. The number of nitrogens with one attached hydrogen (secondary N) is 1. The standard InChI is InChI=1S/C14H22N4O/c1-18-8-7-11(10-18)3-2-4-14(19)17-13-6-5-12(15)9-16-13/h5-6,9,11H,2-4,7-8,10,15H2,1H3,(H,16,17,19). The van der Waals surface area contributed by atoms with Crippen molar-refractivity contribution in [2.45, 2.75) is 25.7 Å². The highest BCUT2D eigenvalue weighted by molar-refractivity contribution is 5.89. The van der Waals surface area contributed by atoms with Crippen LogP contribution in [-0.2, 0) is 4.79 Å². The normalized spacial score (nSPS) is 19.5. The Balaban J connectivity index is 1.66. The number of amides is 1. The molecule has 3 N–H and O–H groups in total. The van der Waals surface area contributed by atoms with Crippen LogP contribution < -0.4 is 11.1 Å². The molecule has 1 saturated heterocycles. The summed E-state index contributed by atoms with van der Waals surface area (Å²) in [7, 11) is 2.15. The molecular formula is C14H22N4O. The lowest BCUT2D eigenvalue weighted by molar-refractivity contribution is -0.116. The fourth-order valence-electron chi connectivity index (χ4n) is 2.50. The maximum atomic E-state index is 11.7. The van der Waals surface area contributed by atoms with E-state index >= 15 is 0 Å². The summed E-state index contributed by atoms with van der Waals surface area (Å²) in [5.41, 5.74) is 6.14. The number of likely N-dealkylation sites (tertiary alicyclic amines) is 1. The van der Waals surface area contributed by atoms with Gasteiger partial charge >= 0.3 is 0 Å². The third kappa shape index (κ3) is 4.52. The summed E-state index contributed by atoms with van der Waals surface area (Å²) < 4.78 is 0. The molecule has 19 heavy (non-hydrogen) atoms. The van der Waals surface area contributed by atoms with Crippen LogP contribution in [0.2, 0.25) is 0 Å². The molecule has 1 aliphatic rings. The van der Waals surface area contributed by atoms with Crippen LogP contribution in [0.1, 0.15) is 25.7 Å². The van der Waals surface area contributed by atoms with Gasteiger partial charge in [-0.25, -0.2) is 4.98 Å². The van der Waals surface area contributed by atoms with Crippen LogP contribution in [-0.4, -0.2) is 35.9 Å². The fourth-order valence-corrected chi connectivity index (χ4v) is 2.50. The minimum Gasteiger partial charge on any atom is -0.397 e. The third-order valence-electron chi connectivity index (χ3n) is 3.56. The molecule has 1 aromatic rings. The van der Waals surface area contributed by atoms with Gasteiger partial charge in [0.1, 0.15) is 5.82 Å². The largest absolute Gasteiger partial charge is 0.397 e. The van der Waals surface area contributed by atoms with Crippen molar-refractivity contribution in [1.29, 1.82) is 0 Å². The molecule has 1 unspecified atom stereocenters. The Bertz CT molecular complexity index is 418. The van der Waals surface area contributed by atoms with Gasteiger partial charge in [0.25, 0.3) is 0 Å². The van der Waals surface area contributed by atoms with Crippen molar-refractivity contribution in [3.8, 4) is 0 Å². The smallest absolute Gasteiger partial charge is 0.225 e. The van der Waals surface area contributed by atoms with E-state index in [0.29, 0.717) is 17.9 Å². The van der Waals surface area contributed by atoms with E-state index in [1.807, 2.05) is 0 Å². The highest BCUT2D eigenvalue weighted by atomic mass is 16.1. The van der Waals surface area contributed by atoms with Gasteiger partial charge in [0, 0.05) is 13.0 Å². The molecule has 1 amide bonds. The number of hydrogen-bond acceptors (Lipinski definition) is 4. The highest BCUT2D eigenvalue weighted by Crippen LogP contribution is 2.20. The average Bonchev–Trinajstić information content (AvgIpc) is 2.78. The van der Waals surface area contributed by atoms with Gasteiger partial charge in [-0.3, -0.25) is 4.79 Å². The first-order chi connectivity index (χ1) is 9.13. The first-order valence-electron chi connectivity index (χ1n) is 6.83. The molecular weight excluding hydrogens is 240 g/mol. The van der Waals surface area contributed by atoms with Gasteiger partial charge in [0.05, 0.1) is 11.9 Å². The number of aromatic nitrogens is 1. The van der Waals surface area contributed by atoms with Gasteiger partial charge in [0.2, 0.25) is 5.91 Å². The number of carbonyl (C=O) groups is 1. The molecule has 5 heteroatoms. The van der Waals surface area contributed by atoms with Gasteiger partial charge in [-0.15, -0.1) is 0 Å². The van der Waals surface area contributed by atoms with E-state index in [4.69, 9.17) is 5.73 Å². The lowest BCUT2D eigenvalue weighted by Crippen LogP contribution is -2.15.